The summed E-state index contributed by atoms with van der Waals surface area (Å²) in [5.74, 6) is 0. The molecule has 5 heteroatoms. The molecular weight excluding hydrogens is 426 g/mol. The van der Waals surface area contributed by atoms with Crippen molar-refractivity contribution in [1.82, 2.24) is 9.47 Å². The minimum Gasteiger partial charge on any atom is -0.318 e. The Kier molecular flexibility index (Phi) is 5.73. The quantitative estimate of drug-likeness (QED) is 0.341. The minimum absolute atomic E-state index is 0.110. The highest BCUT2D eigenvalue weighted by atomic mass is 32.2. The third-order valence-corrected chi connectivity index (χ3v) is 7.16. The van der Waals surface area contributed by atoms with Gasteiger partial charge in [-0.15, -0.1) is 11.8 Å². The smallest absolute Gasteiger partial charge is 0.318 e. The number of carbonyl (C=O) groups excluding carboxylic acids is 1. The van der Waals surface area contributed by atoms with Crippen LogP contribution in [0.4, 0.5) is 10.5 Å². The van der Waals surface area contributed by atoms with Crippen LogP contribution in [-0.4, -0.2) is 21.8 Å². The number of para-hydroxylation sites is 1. The van der Waals surface area contributed by atoms with Crippen LogP contribution in [0.1, 0.15) is 34.0 Å². The fraction of sp³-hybridized carbons (Fsp3) is 0.179. The topological polar surface area (TPSA) is 37.3 Å². The van der Waals surface area contributed by atoms with Gasteiger partial charge in [0.15, 0.2) is 0 Å². The zero-order valence-corrected chi connectivity index (χ0v) is 19.9. The van der Waals surface area contributed by atoms with E-state index in [1.165, 1.54) is 10.5 Å². The van der Waals surface area contributed by atoms with E-state index < -0.39 is 0 Å². The molecular formula is C28H27N3OS. The second-order valence-electron chi connectivity index (χ2n) is 8.46. The third kappa shape index (κ3) is 4.05. The maximum absolute atomic E-state index is 13.8. The van der Waals surface area contributed by atoms with Crippen LogP contribution >= 0.6 is 11.8 Å². The van der Waals surface area contributed by atoms with Gasteiger partial charge in [0.25, 0.3) is 0 Å². The predicted molar refractivity (Wildman–Crippen MR) is 136 cm³/mol. The van der Waals surface area contributed by atoms with Crippen molar-refractivity contribution in [1.29, 1.82) is 0 Å². The van der Waals surface area contributed by atoms with Crippen LogP contribution in [0.3, 0.4) is 0 Å². The highest BCUT2D eigenvalue weighted by molar-refractivity contribution is 7.98. The Morgan fingerprint density at radius 2 is 1.73 bits per heavy atom. The average Bonchev–Trinajstić information content (AvgIpc) is 3.26. The standard InChI is InChI=1S/C28H27N3OS/c1-19-10-13-23(17-20(19)2)29-28(32)31-18-22-7-4-5-8-25(22)30-16-6-9-26(30)27(31)21-11-14-24(33-3)15-12-21/h4-17,27H,18H2,1-3H3,(H,29,32)/t27-/m1/s1. The number of aryl methyl sites for hydroxylation is 2. The van der Waals surface area contributed by atoms with Crippen molar-refractivity contribution >= 4 is 23.5 Å². The van der Waals surface area contributed by atoms with Gasteiger partial charge < -0.3 is 14.8 Å². The number of rotatable bonds is 3. The zero-order valence-electron chi connectivity index (χ0n) is 19.1. The van der Waals surface area contributed by atoms with Crippen molar-refractivity contribution in [3.63, 3.8) is 0 Å². The predicted octanol–water partition coefficient (Wildman–Crippen LogP) is 6.95. The number of nitrogens with zero attached hydrogens (tertiary/aromatic N) is 2. The lowest BCUT2D eigenvalue weighted by atomic mass is 10.0. The molecule has 1 aliphatic rings. The number of nitrogens with one attached hydrogen (secondary N) is 1. The summed E-state index contributed by atoms with van der Waals surface area (Å²) in [5.41, 5.74) is 7.59. The first-order chi connectivity index (χ1) is 16.0. The van der Waals surface area contributed by atoms with E-state index in [9.17, 15) is 4.79 Å². The Hall–Kier alpha value is -3.44. The molecule has 33 heavy (non-hydrogen) atoms. The fourth-order valence-electron chi connectivity index (χ4n) is 4.49. The van der Waals surface area contributed by atoms with Gasteiger partial charge in [-0.25, -0.2) is 4.79 Å². The number of aromatic nitrogens is 1. The normalized spacial score (nSPS) is 14.9. The molecule has 2 amide bonds. The molecule has 166 valence electrons. The summed E-state index contributed by atoms with van der Waals surface area (Å²) in [6.45, 7) is 4.66. The molecule has 1 aliphatic heterocycles. The third-order valence-electron chi connectivity index (χ3n) is 6.41. The van der Waals surface area contributed by atoms with Gasteiger partial charge in [-0.05, 0) is 84.8 Å². The van der Waals surface area contributed by atoms with Crippen molar-refractivity contribution in [3.05, 3.63) is 113 Å². The van der Waals surface area contributed by atoms with Crippen LogP contribution in [-0.2, 0) is 6.54 Å². The molecule has 0 unspecified atom stereocenters. The number of thioether (sulfide) groups is 1. The van der Waals surface area contributed by atoms with Crippen molar-refractivity contribution in [2.45, 2.75) is 31.3 Å². The van der Waals surface area contributed by atoms with E-state index in [4.69, 9.17) is 0 Å². The van der Waals surface area contributed by atoms with Crippen molar-refractivity contribution in [2.75, 3.05) is 11.6 Å². The first kappa shape index (κ1) is 21.4. The molecule has 4 aromatic rings. The maximum Gasteiger partial charge on any atom is 0.322 e. The monoisotopic (exact) mass is 453 g/mol. The number of benzene rings is 3. The molecule has 0 radical (unpaired) electrons. The van der Waals surface area contributed by atoms with Gasteiger partial charge in [-0.1, -0.05) is 36.4 Å². The summed E-state index contributed by atoms with van der Waals surface area (Å²) in [6, 6.07) is 26.8. The van der Waals surface area contributed by atoms with E-state index >= 15 is 0 Å². The van der Waals surface area contributed by atoms with Crippen LogP contribution in [0, 0.1) is 13.8 Å². The van der Waals surface area contributed by atoms with Gasteiger partial charge in [-0.3, -0.25) is 0 Å². The number of anilines is 1. The van der Waals surface area contributed by atoms with E-state index in [0.717, 1.165) is 33.8 Å². The van der Waals surface area contributed by atoms with Crippen LogP contribution in [0.15, 0.2) is 90.0 Å². The van der Waals surface area contributed by atoms with Crippen molar-refractivity contribution < 1.29 is 4.79 Å². The summed E-state index contributed by atoms with van der Waals surface area (Å²) in [6.07, 6.45) is 4.16. The van der Waals surface area contributed by atoms with E-state index in [1.807, 2.05) is 29.2 Å². The Labute approximate surface area is 199 Å². The second kappa shape index (κ2) is 8.83. The van der Waals surface area contributed by atoms with E-state index in [2.05, 4.69) is 90.8 Å². The van der Waals surface area contributed by atoms with Gasteiger partial charge in [0.1, 0.15) is 0 Å². The van der Waals surface area contributed by atoms with E-state index in [1.54, 1.807) is 11.8 Å². The Balaban J connectivity index is 1.61. The van der Waals surface area contributed by atoms with Gasteiger partial charge in [0, 0.05) is 22.5 Å². The molecule has 0 saturated carbocycles. The molecule has 0 aliphatic carbocycles. The summed E-state index contributed by atoms with van der Waals surface area (Å²) in [4.78, 5) is 16.9. The largest absolute Gasteiger partial charge is 0.322 e. The highest BCUT2D eigenvalue weighted by Crippen LogP contribution is 2.37. The second-order valence-corrected chi connectivity index (χ2v) is 9.34. The first-order valence-electron chi connectivity index (χ1n) is 11.1. The van der Waals surface area contributed by atoms with Crippen molar-refractivity contribution in [2.24, 2.45) is 0 Å². The lowest BCUT2D eigenvalue weighted by Crippen LogP contribution is -2.37. The van der Waals surface area contributed by atoms with Gasteiger partial charge in [0.2, 0.25) is 0 Å². The minimum atomic E-state index is -0.213. The van der Waals surface area contributed by atoms with Crippen molar-refractivity contribution in [3.8, 4) is 5.69 Å². The number of urea groups is 1. The molecule has 0 bridgehead atoms. The molecule has 0 fully saturated rings. The summed E-state index contributed by atoms with van der Waals surface area (Å²) in [5, 5.41) is 3.16. The number of carbonyl (C=O) groups is 1. The van der Waals surface area contributed by atoms with Crippen LogP contribution in [0.2, 0.25) is 0 Å². The lowest BCUT2D eigenvalue weighted by Gasteiger charge is -2.31. The Morgan fingerprint density at radius 1 is 0.939 bits per heavy atom. The maximum atomic E-state index is 13.8. The summed E-state index contributed by atoms with van der Waals surface area (Å²) >= 11 is 1.72. The van der Waals surface area contributed by atoms with Gasteiger partial charge in [-0.2, -0.15) is 0 Å². The molecule has 3 aromatic carbocycles. The zero-order chi connectivity index (χ0) is 22.9. The van der Waals surface area contributed by atoms with E-state index in [-0.39, 0.29) is 12.1 Å². The molecule has 0 saturated heterocycles. The van der Waals surface area contributed by atoms with Gasteiger partial charge >= 0.3 is 6.03 Å². The van der Waals surface area contributed by atoms with E-state index in [0.29, 0.717) is 6.54 Å². The molecule has 2 heterocycles. The Morgan fingerprint density at radius 3 is 2.48 bits per heavy atom. The molecule has 4 nitrogen and oxygen atoms in total. The highest BCUT2D eigenvalue weighted by Gasteiger charge is 2.33. The van der Waals surface area contributed by atoms with Crippen LogP contribution in [0.25, 0.3) is 5.69 Å². The summed E-state index contributed by atoms with van der Waals surface area (Å²) < 4.78 is 2.21. The van der Waals surface area contributed by atoms with Gasteiger partial charge in [0.05, 0.1) is 18.3 Å². The molecule has 1 atom stereocenters. The molecule has 1 N–H and O–H groups in total. The molecule has 0 spiro atoms. The first-order valence-corrected chi connectivity index (χ1v) is 12.3. The average molecular weight is 454 g/mol. The molecule has 1 aromatic heterocycles. The number of fused-ring (bicyclic) bond motifs is 3. The number of hydrogen-bond donors (Lipinski definition) is 1. The number of amides is 2. The number of hydrogen-bond acceptors (Lipinski definition) is 2. The van der Waals surface area contributed by atoms with Crippen LogP contribution in [0.5, 0.6) is 0 Å². The molecule has 5 rings (SSSR count). The van der Waals surface area contributed by atoms with Crippen LogP contribution < -0.4 is 5.32 Å². The lowest BCUT2D eigenvalue weighted by molar-refractivity contribution is 0.194. The fourth-order valence-corrected chi connectivity index (χ4v) is 4.90. The Bertz CT molecular complexity index is 1310. The summed E-state index contributed by atoms with van der Waals surface area (Å²) in [7, 11) is 0. The SMILES string of the molecule is CSc1ccc([C@@H]2c3cccn3-c3ccccc3CN2C(=O)Nc2ccc(C)c(C)c2)cc1.